The van der Waals surface area contributed by atoms with E-state index < -0.39 is 0 Å². The second kappa shape index (κ2) is 4.74. The number of halogens is 2. The molecule has 3 nitrogen and oxygen atoms in total. The Morgan fingerprint density at radius 1 is 1.42 bits per heavy atom. The SMILES string of the molecule is Cc1cccc(-n2c(=S)[nH]c3cc(Cl)cnc32)c1Br. The normalized spacial score (nSPS) is 11.1. The van der Waals surface area contributed by atoms with Gasteiger partial charge in [0.25, 0.3) is 0 Å². The fraction of sp³-hybridized carbons (Fsp3) is 0.0769. The molecule has 0 atom stereocenters. The topological polar surface area (TPSA) is 33.6 Å². The van der Waals surface area contributed by atoms with E-state index in [1.165, 1.54) is 0 Å². The van der Waals surface area contributed by atoms with E-state index in [1.807, 2.05) is 35.8 Å². The molecule has 0 fully saturated rings. The molecule has 0 aliphatic carbocycles. The van der Waals surface area contributed by atoms with Crippen molar-refractivity contribution in [1.82, 2.24) is 14.5 Å². The van der Waals surface area contributed by atoms with Gasteiger partial charge >= 0.3 is 0 Å². The zero-order chi connectivity index (χ0) is 13.6. The highest BCUT2D eigenvalue weighted by molar-refractivity contribution is 9.10. The van der Waals surface area contributed by atoms with Crippen LogP contribution in [0.5, 0.6) is 0 Å². The predicted octanol–water partition coefficient (Wildman–Crippen LogP) is 4.81. The van der Waals surface area contributed by atoms with Crippen LogP contribution in [0.4, 0.5) is 0 Å². The largest absolute Gasteiger partial charge is 0.329 e. The van der Waals surface area contributed by atoms with Crippen LogP contribution >= 0.6 is 39.7 Å². The maximum absolute atomic E-state index is 5.95. The number of H-pyrrole nitrogens is 1. The summed E-state index contributed by atoms with van der Waals surface area (Å²) in [7, 11) is 0. The molecule has 3 aromatic rings. The summed E-state index contributed by atoms with van der Waals surface area (Å²) in [5.41, 5.74) is 3.69. The van der Waals surface area contributed by atoms with Crippen molar-refractivity contribution in [2.45, 2.75) is 6.92 Å². The van der Waals surface area contributed by atoms with Gasteiger partial charge < -0.3 is 4.98 Å². The fourth-order valence-electron chi connectivity index (χ4n) is 2.00. The van der Waals surface area contributed by atoms with E-state index in [0.29, 0.717) is 9.79 Å². The lowest BCUT2D eigenvalue weighted by molar-refractivity contribution is 1.03. The lowest BCUT2D eigenvalue weighted by Gasteiger charge is -2.08. The number of hydrogen-bond acceptors (Lipinski definition) is 2. The third-order valence-corrected chi connectivity index (χ3v) is 4.43. The van der Waals surface area contributed by atoms with Crippen molar-refractivity contribution in [3.8, 4) is 5.69 Å². The maximum atomic E-state index is 5.95. The van der Waals surface area contributed by atoms with Crippen molar-refractivity contribution in [2.24, 2.45) is 0 Å². The van der Waals surface area contributed by atoms with E-state index in [0.717, 1.165) is 26.9 Å². The summed E-state index contributed by atoms with van der Waals surface area (Å²) in [5, 5.41) is 0.583. The zero-order valence-electron chi connectivity index (χ0n) is 9.95. The molecule has 0 aliphatic heterocycles. The molecule has 0 saturated carbocycles. The maximum Gasteiger partial charge on any atom is 0.184 e. The monoisotopic (exact) mass is 353 g/mol. The van der Waals surface area contributed by atoms with Crippen LogP contribution in [0.3, 0.4) is 0 Å². The van der Waals surface area contributed by atoms with Crippen molar-refractivity contribution < 1.29 is 0 Å². The first-order valence-corrected chi connectivity index (χ1v) is 7.17. The number of pyridine rings is 1. The molecule has 0 saturated heterocycles. The standard InChI is InChI=1S/C13H9BrClN3S/c1-7-3-2-4-10(11(7)14)18-12-9(17-13(18)19)5-8(15)6-16-12/h2-6H,1H3,(H,17,19). The Morgan fingerprint density at radius 2 is 2.21 bits per heavy atom. The number of benzene rings is 1. The highest BCUT2D eigenvalue weighted by Gasteiger charge is 2.11. The van der Waals surface area contributed by atoms with Gasteiger partial charge in [0, 0.05) is 10.7 Å². The minimum Gasteiger partial charge on any atom is -0.329 e. The number of imidazole rings is 1. The van der Waals surface area contributed by atoms with Gasteiger partial charge in [-0.3, -0.25) is 4.57 Å². The van der Waals surface area contributed by atoms with Gasteiger partial charge in [0.2, 0.25) is 0 Å². The number of nitrogens with zero attached hydrogens (tertiary/aromatic N) is 2. The summed E-state index contributed by atoms with van der Waals surface area (Å²) < 4.78 is 3.50. The summed E-state index contributed by atoms with van der Waals surface area (Å²) in [6.07, 6.45) is 1.62. The molecule has 96 valence electrons. The van der Waals surface area contributed by atoms with Crippen LogP contribution in [0.1, 0.15) is 5.56 Å². The van der Waals surface area contributed by atoms with Crippen LogP contribution < -0.4 is 0 Å². The fourth-order valence-corrected chi connectivity index (χ4v) is 2.89. The van der Waals surface area contributed by atoms with E-state index in [1.54, 1.807) is 6.20 Å². The van der Waals surface area contributed by atoms with Crippen LogP contribution in [-0.4, -0.2) is 14.5 Å². The second-order valence-electron chi connectivity index (χ2n) is 4.20. The van der Waals surface area contributed by atoms with Gasteiger partial charge in [0.1, 0.15) is 0 Å². The summed E-state index contributed by atoms with van der Waals surface area (Å²) >= 11 is 14.9. The van der Waals surface area contributed by atoms with Gasteiger partial charge in [-0.15, -0.1) is 0 Å². The molecular formula is C13H9BrClN3S. The first-order valence-electron chi connectivity index (χ1n) is 5.59. The molecular weight excluding hydrogens is 346 g/mol. The first kappa shape index (κ1) is 12.8. The highest BCUT2D eigenvalue weighted by atomic mass is 79.9. The Labute approximate surface area is 128 Å². The summed E-state index contributed by atoms with van der Waals surface area (Å²) in [4.78, 5) is 7.48. The molecule has 1 N–H and O–H groups in total. The van der Waals surface area contributed by atoms with Gasteiger partial charge in [0.05, 0.1) is 16.2 Å². The molecule has 0 spiro atoms. The Kier molecular flexibility index (Phi) is 3.20. The second-order valence-corrected chi connectivity index (χ2v) is 5.81. The molecule has 0 radical (unpaired) electrons. The number of fused-ring (bicyclic) bond motifs is 1. The molecule has 2 heterocycles. The van der Waals surface area contributed by atoms with Crippen LogP contribution in [-0.2, 0) is 0 Å². The van der Waals surface area contributed by atoms with Gasteiger partial charge in [-0.2, -0.15) is 0 Å². The predicted molar refractivity (Wildman–Crippen MR) is 83.7 cm³/mol. The third kappa shape index (κ3) is 2.12. The first-order chi connectivity index (χ1) is 9.08. The van der Waals surface area contributed by atoms with Crippen molar-refractivity contribution in [3.05, 3.63) is 50.3 Å². The zero-order valence-corrected chi connectivity index (χ0v) is 13.1. The summed E-state index contributed by atoms with van der Waals surface area (Å²) in [6.45, 7) is 2.04. The number of aromatic amines is 1. The van der Waals surface area contributed by atoms with E-state index in [2.05, 4.69) is 25.9 Å². The summed E-state index contributed by atoms with van der Waals surface area (Å²) in [5.74, 6) is 0. The number of hydrogen-bond donors (Lipinski definition) is 1. The molecule has 0 amide bonds. The van der Waals surface area contributed by atoms with Gasteiger partial charge in [-0.05, 0) is 52.8 Å². The van der Waals surface area contributed by atoms with Crippen LogP contribution in [0.15, 0.2) is 34.9 Å². The average Bonchev–Trinajstić information content (AvgIpc) is 2.68. The van der Waals surface area contributed by atoms with Crippen molar-refractivity contribution in [3.63, 3.8) is 0 Å². The van der Waals surface area contributed by atoms with Gasteiger partial charge in [0.15, 0.2) is 10.4 Å². The van der Waals surface area contributed by atoms with E-state index in [9.17, 15) is 0 Å². The average molecular weight is 355 g/mol. The van der Waals surface area contributed by atoms with Crippen LogP contribution in [0.2, 0.25) is 5.02 Å². The van der Waals surface area contributed by atoms with E-state index >= 15 is 0 Å². The number of nitrogens with one attached hydrogen (secondary N) is 1. The quantitative estimate of drug-likeness (QED) is 0.636. The third-order valence-electron chi connectivity index (χ3n) is 2.90. The van der Waals surface area contributed by atoms with Crippen LogP contribution in [0, 0.1) is 11.7 Å². The Hall–Kier alpha value is -1.17. The van der Waals surface area contributed by atoms with Crippen LogP contribution in [0.25, 0.3) is 16.9 Å². The Bertz CT molecular complexity index is 838. The Balaban J connectivity index is 2.40. The van der Waals surface area contributed by atoms with Crippen molar-refractivity contribution in [1.29, 1.82) is 0 Å². The van der Waals surface area contributed by atoms with Gasteiger partial charge in [-0.1, -0.05) is 23.7 Å². The van der Waals surface area contributed by atoms with Gasteiger partial charge in [-0.25, -0.2) is 4.98 Å². The minimum atomic E-state index is 0.583. The Morgan fingerprint density at radius 3 is 3.00 bits per heavy atom. The van der Waals surface area contributed by atoms with E-state index in [4.69, 9.17) is 23.8 Å². The molecule has 0 unspecified atom stereocenters. The number of aryl methyl sites for hydroxylation is 1. The highest BCUT2D eigenvalue weighted by Crippen LogP contribution is 2.28. The smallest absolute Gasteiger partial charge is 0.184 e. The number of rotatable bonds is 1. The molecule has 0 aliphatic rings. The molecule has 6 heteroatoms. The molecule has 1 aromatic carbocycles. The molecule has 3 rings (SSSR count). The minimum absolute atomic E-state index is 0.583. The summed E-state index contributed by atoms with van der Waals surface area (Å²) in [6, 6.07) is 7.85. The van der Waals surface area contributed by atoms with Crippen molar-refractivity contribution in [2.75, 3.05) is 0 Å². The molecule has 19 heavy (non-hydrogen) atoms. The lowest BCUT2D eigenvalue weighted by atomic mass is 10.2. The van der Waals surface area contributed by atoms with E-state index in [-0.39, 0.29) is 0 Å². The lowest BCUT2D eigenvalue weighted by Crippen LogP contribution is -1.97. The molecule has 2 aromatic heterocycles. The number of aromatic nitrogens is 3. The molecule has 0 bridgehead atoms. The van der Waals surface area contributed by atoms with Crippen molar-refractivity contribution >= 4 is 50.9 Å².